The third-order valence-electron chi connectivity index (χ3n) is 3.36. The molecule has 4 nitrogen and oxygen atoms in total. The highest BCUT2D eigenvalue weighted by Gasteiger charge is 2.18. The predicted molar refractivity (Wildman–Crippen MR) is 103 cm³/mol. The summed E-state index contributed by atoms with van der Waals surface area (Å²) in [5, 5.41) is 6.91. The van der Waals surface area contributed by atoms with Crippen LogP contribution in [0.15, 0.2) is 17.6 Å². The molecule has 1 saturated heterocycles. The molecule has 0 aromatic carbocycles. The van der Waals surface area contributed by atoms with Crippen LogP contribution in [0.3, 0.4) is 0 Å². The summed E-state index contributed by atoms with van der Waals surface area (Å²) in [5.41, 5.74) is 0. The fraction of sp³-hybridized carbons (Fsp3) is 0.786. The lowest BCUT2D eigenvalue weighted by Gasteiger charge is -2.32. The van der Waals surface area contributed by atoms with Gasteiger partial charge in [-0.05, 0) is 31.3 Å². The second-order valence-electron chi connectivity index (χ2n) is 4.85. The zero-order chi connectivity index (χ0) is 13.9. The van der Waals surface area contributed by atoms with E-state index < -0.39 is 0 Å². The average Bonchev–Trinajstić information content (AvgIpc) is 2.44. The maximum absolute atomic E-state index is 4.29. The second kappa shape index (κ2) is 12.8. The van der Waals surface area contributed by atoms with Crippen molar-refractivity contribution in [2.75, 3.05) is 45.2 Å². The van der Waals surface area contributed by atoms with E-state index in [2.05, 4.69) is 33.4 Å². The van der Waals surface area contributed by atoms with Gasteiger partial charge in [0, 0.05) is 39.3 Å². The third kappa shape index (κ3) is 8.36. The van der Waals surface area contributed by atoms with E-state index in [1.807, 2.05) is 24.9 Å². The monoisotopic (exact) mass is 412 g/mol. The molecule has 0 aromatic rings. The summed E-state index contributed by atoms with van der Waals surface area (Å²) >= 11 is 1.89. The van der Waals surface area contributed by atoms with E-state index >= 15 is 0 Å². The molecule has 0 radical (unpaired) electrons. The molecule has 1 aliphatic heterocycles. The number of guanidine groups is 1. The molecule has 0 amide bonds. The fourth-order valence-corrected chi connectivity index (χ4v) is 2.69. The SMILES string of the molecule is C=CCN1CCC(NC(=NC)NCCCSC)CC1.I. The maximum atomic E-state index is 4.29. The third-order valence-corrected chi connectivity index (χ3v) is 4.05. The summed E-state index contributed by atoms with van der Waals surface area (Å²) in [6, 6.07) is 0.549. The standard InChI is InChI=1S/C14H28N4S.HI/c1-4-9-18-10-6-13(7-11-18)17-14(15-2)16-8-5-12-19-3;/h4,13H,1,5-12H2,2-3H3,(H2,15,16,17);1H. The van der Waals surface area contributed by atoms with Crippen molar-refractivity contribution in [3.05, 3.63) is 12.7 Å². The molecule has 1 heterocycles. The molecule has 0 bridgehead atoms. The van der Waals surface area contributed by atoms with Crippen molar-refractivity contribution in [1.82, 2.24) is 15.5 Å². The van der Waals surface area contributed by atoms with Crippen LogP contribution in [0.5, 0.6) is 0 Å². The Hall–Kier alpha value is 0.0500. The van der Waals surface area contributed by atoms with Crippen molar-refractivity contribution in [2.24, 2.45) is 4.99 Å². The number of nitrogens with one attached hydrogen (secondary N) is 2. The normalized spacial score (nSPS) is 17.4. The van der Waals surface area contributed by atoms with E-state index in [0.717, 1.165) is 32.1 Å². The Morgan fingerprint density at radius 2 is 2.15 bits per heavy atom. The molecular formula is C14H29IN4S. The molecule has 0 atom stereocenters. The Kier molecular flexibility index (Phi) is 12.8. The molecule has 0 unspecified atom stereocenters. The Balaban J connectivity index is 0.00000361. The molecule has 0 aliphatic carbocycles. The van der Waals surface area contributed by atoms with Gasteiger partial charge in [0.2, 0.25) is 0 Å². The molecule has 0 spiro atoms. The van der Waals surface area contributed by atoms with E-state index in [1.165, 1.54) is 25.0 Å². The van der Waals surface area contributed by atoms with Gasteiger partial charge in [0.05, 0.1) is 0 Å². The fourth-order valence-electron chi connectivity index (χ4n) is 2.25. The van der Waals surface area contributed by atoms with Gasteiger partial charge >= 0.3 is 0 Å². The highest BCUT2D eigenvalue weighted by Crippen LogP contribution is 2.09. The molecule has 2 N–H and O–H groups in total. The van der Waals surface area contributed by atoms with Crippen molar-refractivity contribution in [3.8, 4) is 0 Å². The molecule has 1 rings (SSSR count). The van der Waals surface area contributed by atoms with Crippen LogP contribution >= 0.6 is 35.7 Å². The van der Waals surface area contributed by atoms with Crippen LogP contribution in [0.4, 0.5) is 0 Å². The van der Waals surface area contributed by atoms with Gasteiger partial charge in [-0.15, -0.1) is 30.6 Å². The van der Waals surface area contributed by atoms with Crippen molar-refractivity contribution in [2.45, 2.75) is 25.3 Å². The van der Waals surface area contributed by atoms with Crippen LogP contribution in [0.2, 0.25) is 0 Å². The lowest BCUT2D eigenvalue weighted by molar-refractivity contribution is 0.225. The Labute approximate surface area is 145 Å². The lowest BCUT2D eigenvalue weighted by Crippen LogP contribution is -2.48. The summed E-state index contributed by atoms with van der Waals surface area (Å²) < 4.78 is 0. The minimum atomic E-state index is 0. The van der Waals surface area contributed by atoms with E-state index in [9.17, 15) is 0 Å². The number of aliphatic imine (C=N–C) groups is 1. The van der Waals surface area contributed by atoms with Gasteiger partial charge in [-0.3, -0.25) is 9.89 Å². The molecule has 20 heavy (non-hydrogen) atoms. The maximum Gasteiger partial charge on any atom is 0.191 e. The van der Waals surface area contributed by atoms with Crippen LogP contribution < -0.4 is 10.6 Å². The average molecular weight is 412 g/mol. The minimum Gasteiger partial charge on any atom is -0.356 e. The summed E-state index contributed by atoms with van der Waals surface area (Å²) in [7, 11) is 1.84. The van der Waals surface area contributed by atoms with Gasteiger partial charge in [0.15, 0.2) is 5.96 Å². The van der Waals surface area contributed by atoms with Gasteiger partial charge < -0.3 is 10.6 Å². The Morgan fingerprint density at radius 1 is 1.45 bits per heavy atom. The van der Waals surface area contributed by atoms with Crippen LogP contribution in [-0.4, -0.2) is 62.1 Å². The van der Waals surface area contributed by atoms with Gasteiger partial charge in [-0.1, -0.05) is 6.08 Å². The molecule has 0 saturated carbocycles. The zero-order valence-corrected chi connectivity index (χ0v) is 15.9. The van der Waals surface area contributed by atoms with Gasteiger partial charge in [0.25, 0.3) is 0 Å². The Morgan fingerprint density at radius 3 is 2.70 bits per heavy atom. The topological polar surface area (TPSA) is 39.7 Å². The Bertz CT molecular complexity index is 278. The van der Waals surface area contributed by atoms with Crippen LogP contribution in [0, 0.1) is 0 Å². The van der Waals surface area contributed by atoms with Gasteiger partial charge in [-0.2, -0.15) is 11.8 Å². The largest absolute Gasteiger partial charge is 0.356 e. The summed E-state index contributed by atoms with van der Waals surface area (Å²) in [5.74, 6) is 2.15. The number of likely N-dealkylation sites (tertiary alicyclic amines) is 1. The summed E-state index contributed by atoms with van der Waals surface area (Å²) in [4.78, 5) is 6.74. The first-order valence-corrected chi connectivity index (χ1v) is 8.49. The highest BCUT2D eigenvalue weighted by atomic mass is 127. The van der Waals surface area contributed by atoms with E-state index in [-0.39, 0.29) is 24.0 Å². The number of piperidine rings is 1. The van der Waals surface area contributed by atoms with E-state index in [4.69, 9.17) is 0 Å². The first-order valence-electron chi connectivity index (χ1n) is 7.09. The van der Waals surface area contributed by atoms with Gasteiger partial charge in [0.1, 0.15) is 0 Å². The number of halogens is 1. The van der Waals surface area contributed by atoms with Crippen LogP contribution in [0.25, 0.3) is 0 Å². The summed E-state index contributed by atoms with van der Waals surface area (Å²) in [6.45, 7) is 8.09. The van der Waals surface area contributed by atoms with Crippen molar-refractivity contribution >= 4 is 41.7 Å². The number of hydrogen-bond donors (Lipinski definition) is 2. The quantitative estimate of drug-likeness (QED) is 0.221. The molecule has 1 aliphatic rings. The number of thioether (sulfide) groups is 1. The highest BCUT2D eigenvalue weighted by molar-refractivity contribution is 14.0. The predicted octanol–water partition coefficient (Wildman–Crippen LogP) is 2.17. The van der Waals surface area contributed by atoms with E-state index in [0.29, 0.717) is 6.04 Å². The minimum absolute atomic E-state index is 0. The number of rotatable bonds is 7. The first kappa shape index (κ1) is 20.1. The van der Waals surface area contributed by atoms with Crippen molar-refractivity contribution < 1.29 is 0 Å². The van der Waals surface area contributed by atoms with Crippen molar-refractivity contribution in [3.63, 3.8) is 0 Å². The van der Waals surface area contributed by atoms with Gasteiger partial charge in [-0.25, -0.2) is 0 Å². The number of nitrogens with zero attached hydrogens (tertiary/aromatic N) is 2. The van der Waals surface area contributed by atoms with Crippen LogP contribution in [-0.2, 0) is 0 Å². The smallest absolute Gasteiger partial charge is 0.191 e. The lowest BCUT2D eigenvalue weighted by atomic mass is 10.1. The molecule has 0 aromatic heterocycles. The van der Waals surface area contributed by atoms with E-state index in [1.54, 1.807) is 0 Å². The molecule has 1 fully saturated rings. The molecule has 6 heteroatoms. The first-order chi connectivity index (χ1) is 9.30. The molecular weight excluding hydrogens is 383 g/mol. The van der Waals surface area contributed by atoms with Crippen molar-refractivity contribution in [1.29, 1.82) is 0 Å². The number of hydrogen-bond acceptors (Lipinski definition) is 3. The molecule has 118 valence electrons. The van der Waals surface area contributed by atoms with Crippen LogP contribution in [0.1, 0.15) is 19.3 Å². The summed E-state index contributed by atoms with van der Waals surface area (Å²) in [6.07, 6.45) is 7.67. The second-order valence-corrected chi connectivity index (χ2v) is 5.84. The zero-order valence-electron chi connectivity index (χ0n) is 12.7.